The second kappa shape index (κ2) is 11.0. The lowest BCUT2D eigenvalue weighted by atomic mass is 10.2. The molecule has 2 aromatic rings. The molecular formula is C20H23N3O2. The van der Waals surface area contributed by atoms with E-state index >= 15 is 0 Å². The van der Waals surface area contributed by atoms with Crippen LogP contribution in [0, 0.1) is 11.3 Å². The van der Waals surface area contributed by atoms with E-state index in [1.807, 2.05) is 24.3 Å². The summed E-state index contributed by atoms with van der Waals surface area (Å²) in [6, 6.07) is 16.6. The van der Waals surface area contributed by atoms with Crippen LogP contribution in [0.15, 0.2) is 58.8 Å². The third-order valence-corrected chi connectivity index (χ3v) is 3.63. The maximum Gasteiger partial charge on any atom is 0.119 e. The monoisotopic (exact) mass is 337 g/mol. The third-order valence-electron chi connectivity index (χ3n) is 3.63. The molecule has 0 saturated heterocycles. The molecule has 130 valence electrons. The fourth-order valence-electron chi connectivity index (χ4n) is 2.22. The minimum absolute atomic E-state index is 0.610. The maximum absolute atomic E-state index is 8.77. The number of nitrogens with zero attached hydrogens (tertiary/aromatic N) is 3. The first-order valence-electron chi connectivity index (χ1n) is 8.45. The van der Waals surface area contributed by atoms with Gasteiger partial charge in [0.1, 0.15) is 5.75 Å². The lowest BCUT2D eigenvalue weighted by molar-refractivity contribution is 0.191. The van der Waals surface area contributed by atoms with Crippen molar-refractivity contribution in [2.24, 2.45) is 10.2 Å². The van der Waals surface area contributed by atoms with Gasteiger partial charge in [-0.15, -0.1) is 0 Å². The second-order valence-corrected chi connectivity index (χ2v) is 5.61. The minimum atomic E-state index is 0.610. The van der Waals surface area contributed by atoms with Gasteiger partial charge >= 0.3 is 0 Å². The molecule has 0 amide bonds. The van der Waals surface area contributed by atoms with Crippen molar-refractivity contribution >= 4 is 11.4 Å². The SMILES string of the molecule is COCCCCCCOc1ccc(N=Nc2ccc(C#N)cc2)cc1. The van der Waals surface area contributed by atoms with Gasteiger partial charge in [-0.2, -0.15) is 15.5 Å². The Bertz CT molecular complexity index is 688. The average molecular weight is 337 g/mol. The number of nitriles is 1. The molecule has 2 aromatic carbocycles. The largest absolute Gasteiger partial charge is 0.494 e. The topological polar surface area (TPSA) is 67.0 Å². The highest BCUT2D eigenvalue weighted by Crippen LogP contribution is 2.21. The van der Waals surface area contributed by atoms with Crippen LogP contribution in [-0.4, -0.2) is 20.3 Å². The summed E-state index contributed by atoms with van der Waals surface area (Å²) in [5.74, 6) is 0.842. The number of azo groups is 1. The van der Waals surface area contributed by atoms with Gasteiger partial charge in [0.05, 0.1) is 29.6 Å². The summed E-state index contributed by atoms with van der Waals surface area (Å²) in [5, 5.41) is 17.1. The Labute approximate surface area is 148 Å². The van der Waals surface area contributed by atoms with Gasteiger partial charge in [0.25, 0.3) is 0 Å². The van der Waals surface area contributed by atoms with Gasteiger partial charge in [0.15, 0.2) is 0 Å². The van der Waals surface area contributed by atoms with E-state index in [0.717, 1.165) is 43.9 Å². The molecular weight excluding hydrogens is 314 g/mol. The van der Waals surface area contributed by atoms with Crippen molar-refractivity contribution in [3.63, 3.8) is 0 Å². The van der Waals surface area contributed by atoms with Gasteiger partial charge in [-0.1, -0.05) is 6.42 Å². The highest BCUT2D eigenvalue weighted by molar-refractivity contribution is 5.44. The van der Waals surface area contributed by atoms with Crippen LogP contribution in [0.2, 0.25) is 0 Å². The normalized spacial score (nSPS) is 10.7. The molecule has 25 heavy (non-hydrogen) atoms. The van der Waals surface area contributed by atoms with Gasteiger partial charge in [-0.25, -0.2) is 0 Å². The van der Waals surface area contributed by atoms with Gasteiger partial charge in [-0.05, 0) is 67.8 Å². The summed E-state index contributed by atoms with van der Waals surface area (Å²) < 4.78 is 10.7. The Balaban J connectivity index is 1.73. The lowest BCUT2D eigenvalue weighted by Crippen LogP contribution is -1.97. The molecule has 0 fully saturated rings. The molecule has 0 bridgehead atoms. The van der Waals surface area contributed by atoms with E-state index < -0.39 is 0 Å². The first kappa shape index (κ1) is 18.6. The van der Waals surface area contributed by atoms with Crippen molar-refractivity contribution < 1.29 is 9.47 Å². The van der Waals surface area contributed by atoms with Gasteiger partial charge in [0, 0.05) is 13.7 Å². The zero-order chi connectivity index (χ0) is 17.7. The number of benzene rings is 2. The minimum Gasteiger partial charge on any atom is -0.494 e. The van der Waals surface area contributed by atoms with Crippen LogP contribution < -0.4 is 4.74 Å². The van der Waals surface area contributed by atoms with Crippen LogP contribution in [0.25, 0.3) is 0 Å². The van der Waals surface area contributed by atoms with Crippen LogP contribution in [0.5, 0.6) is 5.75 Å². The van der Waals surface area contributed by atoms with Crippen molar-refractivity contribution in [2.75, 3.05) is 20.3 Å². The molecule has 0 saturated carbocycles. The maximum atomic E-state index is 8.77. The van der Waals surface area contributed by atoms with Gasteiger partial charge in [0.2, 0.25) is 0 Å². The summed E-state index contributed by atoms with van der Waals surface area (Å²) in [4.78, 5) is 0. The number of methoxy groups -OCH3 is 1. The fraction of sp³-hybridized carbons (Fsp3) is 0.350. The molecule has 0 unspecified atom stereocenters. The fourth-order valence-corrected chi connectivity index (χ4v) is 2.22. The molecule has 0 heterocycles. The molecule has 0 atom stereocenters. The van der Waals surface area contributed by atoms with E-state index in [1.54, 1.807) is 31.4 Å². The lowest BCUT2D eigenvalue weighted by Gasteiger charge is -2.06. The highest BCUT2D eigenvalue weighted by Gasteiger charge is 1.96. The summed E-state index contributed by atoms with van der Waals surface area (Å²) in [7, 11) is 1.73. The zero-order valence-electron chi connectivity index (χ0n) is 14.5. The Kier molecular flexibility index (Phi) is 8.16. The Morgan fingerprint density at radius 2 is 1.36 bits per heavy atom. The first-order valence-corrected chi connectivity index (χ1v) is 8.45. The molecule has 5 nitrogen and oxygen atoms in total. The quantitative estimate of drug-likeness (QED) is 0.421. The predicted octanol–water partition coefficient (Wildman–Crippen LogP) is 5.56. The summed E-state index contributed by atoms with van der Waals surface area (Å²) in [5.41, 5.74) is 2.09. The van der Waals surface area contributed by atoms with Crippen molar-refractivity contribution in [2.45, 2.75) is 25.7 Å². The smallest absolute Gasteiger partial charge is 0.119 e. The molecule has 0 spiro atoms. The van der Waals surface area contributed by atoms with Crippen LogP contribution in [0.4, 0.5) is 11.4 Å². The van der Waals surface area contributed by atoms with E-state index in [1.165, 1.54) is 6.42 Å². The van der Waals surface area contributed by atoms with Crippen LogP contribution >= 0.6 is 0 Å². The molecule has 0 aliphatic carbocycles. The molecule has 0 radical (unpaired) electrons. The Morgan fingerprint density at radius 1 is 0.800 bits per heavy atom. The molecule has 2 rings (SSSR count). The average Bonchev–Trinajstić information content (AvgIpc) is 2.67. The second-order valence-electron chi connectivity index (χ2n) is 5.61. The summed E-state index contributed by atoms with van der Waals surface area (Å²) in [6.07, 6.45) is 4.48. The highest BCUT2D eigenvalue weighted by atomic mass is 16.5. The summed E-state index contributed by atoms with van der Waals surface area (Å²) in [6.45, 7) is 1.55. The van der Waals surface area contributed by atoms with Crippen LogP contribution in [0.1, 0.15) is 31.2 Å². The van der Waals surface area contributed by atoms with Gasteiger partial charge < -0.3 is 9.47 Å². The molecule has 0 aliphatic rings. The van der Waals surface area contributed by atoms with Crippen molar-refractivity contribution in [3.8, 4) is 11.8 Å². The standard InChI is InChI=1S/C20H23N3O2/c1-24-14-4-2-3-5-15-25-20-12-10-19(11-13-20)23-22-18-8-6-17(16-21)7-9-18/h6-13H,2-5,14-15H2,1H3. The first-order chi connectivity index (χ1) is 12.3. The Hall–Kier alpha value is -2.71. The number of rotatable bonds is 10. The predicted molar refractivity (Wildman–Crippen MR) is 97.6 cm³/mol. The van der Waals surface area contributed by atoms with E-state index in [2.05, 4.69) is 16.3 Å². The van der Waals surface area contributed by atoms with E-state index in [4.69, 9.17) is 14.7 Å². The number of unbranched alkanes of at least 4 members (excludes halogenated alkanes) is 3. The van der Waals surface area contributed by atoms with Crippen LogP contribution in [0.3, 0.4) is 0 Å². The van der Waals surface area contributed by atoms with Gasteiger partial charge in [-0.3, -0.25) is 0 Å². The Morgan fingerprint density at radius 3 is 1.92 bits per heavy atom. The van der Waals surface area contributed by atoms with E-state index in [-0.39, 0.29) is 0 Å². The van der Waals surface area contributed by atoms with Crippen molar-refractivity contribution in [3.05, 3.63) is 54.1 Å². The number of hydrogen-bond donors (Lipinski definition) is 0. The van der Waals surface area contributed by atoms with Crippen molar-refractivity contribution in [1.29, 1.82) is 5.26 Å². The number of ether oxygens (including phenoxy) is 2. The molecule has 0 N–H and O–H groups in total. The zero-order valence-corrected chi connectivity index (χ0v) is 14.5. The van der Waals surface area contributed by atoms with E-state index in [0.29, 0.717) is 11.3 Å². The third kappa shape index (κ3) is 7.15. The molecule has 0 aromatic heterocycles. The summed E-state index contributed by atoms with van der Waals surface area (Å²) >= 11 is 0. The molecule has 0 aliphatic heterocycles. The number of hydrogen-bond acceptors (Lipinski definition) is 5. The van der Waals surface area contributed by atoms with E-state index in [9.17, 15) is 0 Å². The molecule has 5 heteroatoms. The van der Waals surface area contributed by atoms with Crippen molar-refractivity contribution in [1.82, 2.24) is 0 Å². The van der Waals surface area contributed by atoms with Crippen LogP contribution in [-0.2, 0) is 4.74 Å².